The molecule has 0 aliphatic carbocycles. The molecule has 0 aliphatic heterocycles. The molecule has 0 saturated carbocycles. The normalized spacial score (nSPS) is 10.8. The van der Waals surface area contributed by atoms with Gasteiger partial charge in [-0.1, -0.05) is 19.1 Å². The molecule has 13 heteroatoms. The first-order valence-electron chi connectivity index (χ1n) is 10.6. The van der Waals surface area contributed by atoms with E-state index in [9.17, 15) is 13.2 Å². The molecular formula is C23H25N5O6S2. The molecule has 0 unspecified atom stereocenters. The van der Waals surface area contributed by atoms with Crippen LogP contribution in [0.15, 0.2) is 59.5 Å². The van der Waals surface area contributed by atoms with Gasteiger partial charge in [-0.25, -0.2) is 8.42 Å². The fourth-order valence-electron chi connectivity index (χ4n) is 2.86. The quantitative estimate of drug-likeness (QED) is 0.335. The Morgan fingerprint density at radius 1 is 1.00 bits per heavy atom. The maximum absolute atomic E-state index is 12.7. The van der Waals surface area contributed by atoms with Crippen molar-refractivity contribution < 1.29 is 27.4 Å². The van der Waals surface area contributed by atoms with E-state index in [0.717, 1.165) is 6.42 Å². The molecule has 1 heterocycles. The fourth-order valence-corrected chi connectivity index (χ4v) is 4.09. The third-order valence-corrected chi connectivity index (χ3v) is 6.26. The number of hydrogen-bond donors (Lipinski definition) is 3. The third kappa shape index (κ3) is 7.52. The van der Waals surface area contributed by atoms with Crippen LogP contribution in [0.3, 0.4) is 0 Å². The minimum absolute atomic E-state index is 0.0201. The number of sulfonamides is 1. The highest BCUT2D eigenvalue weighted by Crippen LogP contribution is 2.21. The van der Waals surface area contributed by atoms with Crippen molar-refractivity contribution in [2.24, 2.45) is 0 Å². The molecule has 11 nitrogen and oxygen atoms in total. The zero-order valence-electron chi connectivity index (χ0n) is 19.8. The molecular weight excluding hydrogens is 506 g/mol. The summed E-state index contributed by atoms with van der Waals surface area (Å²) in [6.07, 6.45) is 0.913. The van der Waals surface area contributed by atoms with Crippen LogP contribution >= 0.6 is 12.2 Å². The van der Waals surface area contributed by atoms with Gasteiger partial charge < -0.3 is 19.5 Å². The summed E-state index contributed by atoms with van der Waals surface area (Å²) in [4.78, 5) is 20.0. The molecule has 36 heavy (non-hydrogen) atoms. The number of thiocarbonyl (C=S) groups is 1. The van der Waals surface area contributed by atoms with Crippen molar-refractivity contribution >= 4 is 44.8 Å². The van der Waals surface area contributed by atoms with Gasteiger partial charge in [0, 0.05) is 11.8 Å². The van der Waals surface area contributed by atoms with E-state index in [1.165, 1.54) is 50.1 Å². The highest BCUT2D eigenvalue weighted by atomic mass is 32.2. The van der Waals surface area contributed by atoms with E-state index in [1.807, 2.05) is 12.1 Å². The number of carbonyl (C=O) groups is 1. The van der Waals surface area contributed by atoms with Crippen molar-refractivity contribution in [1.29, 1.82) is 0 Å². The monoisotopic (exact) mass is 531 g/mol. The van der Waals surface area contributed by atoms with Gasteiger partial charge in [0.2, 0.25) is 5.88 Å². The molecule has 3 aromatic rings. The van der Waals surface area contributed by atoms with Crippen LogP contribution in [-0.4, -0.2) is 50.2 Å². The zero-order chi connectivity index (χ0) is 26.1. The maximum atomic E-state index is 12.7. The van der Waals surface area contributed by atoms with Crippen LogP contribution in [0, 0.1) is 0 Å². The van der Waals surface area contributed by atoms with Crippen LogP contribution in [0.5, 0.6) is 17.6 Å². The molecule has 2 aromatic carbocycles. The molecule has 0 fully saturated rings. The number of carbonyl (C=O) groups excluding carboxylic acids is 1. The van der Waals surface area contributed by atoms with Gasteiger partial charge in [0.15, 0.2) is 17.5 Å². The highest BCUT2D eigenvalue weighted by molar-refractivity contribution is 7.92. The predicted octanol–water partition coefficient (Wildman–Crippen LogP) is 2.75. The van der Waals surface area contributed by atoms with Gasteiger partial charge in [0.25, 0.3) is 15.9 Å². The van der Waals surface area contributed by atoms with E-state index in [2.05, 4.69) is 32.2 Å². The summed E-state index contributed by atoms with van der Waals surface area (Å²) in [5.74, 6) is 0.249. The van der Waals surface area contributed by atoms with Crippen LogP contribution in [0.4, 0.5) is 11.5 Å². The summed E-state index contributed by atoms with van der Waals surface area (Å²) < 4.78 is 43.2. The number of methoxy groups -OCH3 is 2. The Bertz CT molecular complexity index is 1290. The first-order valence-corrected chi connectivity index (χ1v) is 12.5. The lowest BCUT2D eigenvalue weighted by molar-refractivity contribution is -0.121. The number of anilines is 2. The first kappa shape index (κ1) is 26.6. The number of nitrogens with one attached hydrogen (secondary N) is 3. The van der Waals surface area contributed by atoms with Crippen molar-refractivity contribution in [2.75, 3.05) is 30.9 Å². The van der Waals surface area contributed by atoms with Crippen molar-refractivity contribution in [3.05, 3.63) is 60.2 Å². The predicted molar refractivity (Wildman–Crippen MR) is 138 cm³/mol. The number of aromatic nitrogens is 2. The number of nitrogens with zero attached hydrogens (tertiary/aromatic N) is 2. The van der Waals surface area contributed by atoms with Crippen LogP contribution in [-0.2, 0) is 21.2 Å². The summed E-state index contributed by atoms with van der Waals surface area (Å²) in [5, 5.41) is 5.37. The van der Waals surface area contributed by atoms with E-state index < -0.39 is 15.9 Å². The second-order valence-corrected chi connectivity index (χ2v) is 9.29. The number of aryl methyl sites for hydroxylation is 1. The molecule has 0 radical (unpaired) electrons. The van der Waals surface area contributed by atoms with Crippen LogP contribution in [0.2, 0.25) is 0 Å². The summed E-state index contributed by atoms with van der Waals surface area (Å²) in [7, 11) is -1.23. The standard InChI is InChI=1S/C23H25N5O6S2/c1-4-15-5-9-17(10-6-15)34-14-20(29)26-23(35)24-16-7-11-18(12-8-16)36(30,31)28-19-13-21(32-2)27-22(25-19)33-3/h5-13H,4,14H2,1-3H3,(H,25,27,28)(H2,24,26,29,35). The topological polar surface area (TPSA) is 141 Å². The molecule has 0 spiro atoms. The molecule has 1 amide bonds. The number of hydrogen-bond acceptors (Lipinski definition) is 9. The fraction of sp³-hybridized carbons (Fsp3) is 0.217. The number of benzene rings is 2. The van der Waals surface area contributed by atoms with E-state index >= 15 is 0 Å². The Kier molecular flexibility index (Phi) is 8.97. The zero-order valence-corrected chi connectivity index (χ0v) is 21.4. The molecule has 0 aliphatic rings. The van der Waals surface area contributed by atoms with E-state index in [1.54, 1.807) is 12.1 Å². The highest BCUT2D eigenvalue weighted by Gasteiger charge is 2.17. The number of amides is 1. The number of ether oxygens (including phenoxy) is 3. The minimum Gasteiger partial charge on any atom is -0.484 e. The Morgan fingerprint density at radius 3 is 2.31 bits per heavy atom. The van der Waals surface area contributed by atoms with Crippen molar-refractivity contribution in [1.82, 2.24) is 15.3 Å². The van der Waals surface area contributed by atoms with Crippen molar-refractivity contribution in [3.8, 4) is 17.6 Å². The van der Waals surface area contributed by atoms with Gasteiger partial charge >= 0.3 is 6.01 Å². The van der Waals surface area contributed by atoms with Crippen molar-refractivity contribution in [2.45, 2.75) is 18.2 Å². The van der Waals surface area contributed by atoms with E-state index in [0.29, 0.717) is 11.4 Å². The molecule has 0 saturated heterocycles. The third-order valence-electron chi connectivity index (χ3n) is 4.69. The Hall–Kier alpha value is -3.97. The molecule has 1 aromatic heterocycles. The Balaban J connectivity index is 1.55. The SMILES string of the molecule is CCc1ccc(OCC(=O)NC(=S)Nc2ccc(S(=O)(=O)Nc3cc(OC)nc(OC)n3)cc2)cc1. The average molecular weight is 532 g/mol. The number of rotatable bonds is 10. The summed E-state index contributed by atoms with van der Waals surface area (Å²) in [6.45, 7) is 1.84. The molecule has 0 bridgehead atoms. The van der Waals surface area contributed by atoms with Crippen LogP contribution in [0.1, 0.15) is 12.5 Å². The second kappa shape index (κ2) is 12.1. The lowest BCUT2D eigenvalue weighted by Gasteiger charge is -2.12. The lowest BCUT2D eigenvalue weighted by atomic mass is 10.2. The minimum atomic E-state index is -3.96. The first-order chi connectivity index (χ1) is 17.2. The van der Waals surface area contributed by atoms with E-state index in [-0.39, 0.29) is 34.3 Å². The van der Waals surface area contributed by atoms with Gasteiger partial charge in [-0.05, 0) is 60.6 Å². The average Bonchev–Trinajstić information content (AvgIpc) is 2.87. The van der Waals surface area contributed by atoms with E-state index in [4.69, 9.17) is 26.4 Å². The van der Waals surface area contributed by atoms with Gasteiger partial charge in [-0.2, -0.15) is 9.97 Å². The van der Waals surface area contributed by atoms with Crippen LogP contribution in [0.25, 0.3) is 0 Å². The van der Waals surface area contributed by atoms with Crippen molar-refractivity contribution in [3.63, 3.8) is 0 Å². The Morgan fingerprint density at radius 2 is 1.69 bits per heavy atom. The maximum Gasteiger partial charge on any atom is 0.321 e. The Labute approximate surface area is 214 Å². The smallest absolute Gasteiger partial charge is 0.321 e. The lowest BCUT2D eigenvalue weighted by Crippen LogP contribution is -2.37. The van der Waals surface area contributed by atoms with Gasteiger partial charge in [-0.15, -0.1) is 0 Å². The van der Waals surface area contributed by atoms with Crippen LogP contribution < -0.4 is 29.6 Å². The molecule has 0 atom stereocenters. The molecule has 3 N–H and O–H groups in total. The molecule has 190 valence electrons. The van der Waals surface area contributed by atoms with Gasteiger partial charge in [0.1, 0.15) is 5.75 Å². The largest absolute Gasteiger partial charge is 0.484 e. The van der Waals surface area contributed by atoms with Gasteiger partial charge in [0.05, 0.1) is 19.1 Å². The second-order valence-electron chi connectivity index (χ2n) is 7.20. The molecule has 3 rings (SSSR count). The summed E-state index contributed by atoms with van der Waals surface area (Å²) in [6, 6.07) is 14.5. The van der Waals surface area contributed by atoms with Gasteiger partial charge in [-0.3, -0.25) is 14.8 Å². The summed E-state index contributed by atoms with van der Waals surface area (Å²) >= 11 is 5.15. The summed E-state index contributed by atoms with van der Waals surface area (Å²) in [5.41, 5.74) is 1.64.